The molecule has 0 aliphatic carbocycles. The van der Waals surface area contributed by atoms with Crippen molar-refractivity contribution < 1.29 is 28.0 Å². The Labute approximate surface area is 194 Å². The molecule has 8 nitrogen and oxygen atoms in total. The summed E-state index contributed by atoms with van der Waals surface area (Å²) in [5, 5.41) is 2.18. The lowest BCUT2D eigenvalue weighted by atomic mass is 10.0. The van der Waals surface area contributed by atoms with Gasteiger partial charge in [-0.1, -0.05) is 6.07 Å². The number of hydrogen-bond donors (Lipinski definition) is 1. The number of nitrogens with one attached hydrogen (secondary N) is 1. The number of amides is 4. The zero-order chi connectivity index (χ0) is 24.0. The van der Waals surface area contributed by atoms with E-state index in [1.807, 2.05) is 0 Å². The molecule has 0 saturated carbocycles. The molecule has 2 saturated heterocycles. The van der Waals surface area contributed by atoms with Gasteiger partial charge in [0.25, 0.3) is 11.8 Å². The summed E-state index contributed by atoms with van der Waals surface area (Å²) in [6, 6.07) is 7.45. The summed E-state index contributed by atoms with van der Waals surface area (Å²) in [4.78, 5) is 54.3. The van der Waals surface area contributed by atoms with Crippen LogP contribution in [0.5, 0.6) is 0 Å². The number of hydrogen-bond acceptors (Lipinski definition) is 6. The van der Waals surface area contributed by atoms with Crippen molar-refractivity contribution in [2.45, 2.75) is 25.4 Å². The number of carbonyl (C=O) groups excluding carboxylic acids is 4. The van der Waals surface area contributed by atoms with Crippen molar-refractivity contribution in [3.05, 3.63) is 64.7 Å². The second-order valence-corrected chi connectivity index (χ2v) is 8.69. The molecule has 5 rings (SSSR count). The lowest BCUT2D eigenvalue weighted by molar-refractivity contribution is -0.136. The summed E-state index contributed by atoms with van der Waals surface area (Å²) >= 11 is 0. The van der Waals surface area contributed by atoms with Crippen LogP contribution < -0.4 is 10.2 Å². The summed E-state index contributed by atoms with van der Waals surface area (Å²) in [6.45, 7) is 2.79. The number of piperidine rings is 1. The molecule has 2 fully saturated rings. The Morgan fingerprint density at radius 3 is 2.35 bits per heavy atom. The fraction of sp³-hybridized carbons (Fsp3) is 0.333. The van der Waals surface area contributed by atoms with Gasteiger partial charge in [-0.15, -0.1) is 0 Å². The molecule has 2 aromatic rings. The molecule has 3 aliphatic rings. The Morgan fingerprint density at radius 1 is 0.882 bits per heavy atom. The Bertz CT molecular complexity index is 1210. The maximum Gasteiger partial charge on any atom is 0.262 e. The highest BCUT2D eigenvalue weighted by molar-refractivity contribution is 6.23. The first-order valence-corrected chi connectivity index (χ1v) is 11.1. The molecule has 176 valence electrons. The van der Waals surface area contributed by atoms with Crippen molar-refractivity contribution in [1.82, 2.24) is 15.1 Å². The van der Waals surface area contributed by atoms with E-state index in [2.05, 4.69) is 10.2 Å². The van der Waals surface area contributed by atoms with Crippen LogP contribution in [0.4, 0.5) is 14.5 Å². The number of halogens is 2. The van der Waals surface area contributed by atoms with Crippen LogP contribution in [0.2, 0.25) is 0 Å². The van der Waals surface area contributed by atoms with Gasteiger partial charge in [0, 0.05) is 45.2 Å². The number of benzene rings is 2. The van der Waals surface area contributed by atoms with Crippen LogP contribution >= 0.6 is 0 Å². The first-order chi connectivity index (χ1) is 16.3. The van der Waals surface area contributed by atoms with E-state index >= 15 is 0 Å². The molecule has 0 bridgehead atoms. The summed E-state index contributed by atoms with van der Waals surface area (Å²) in [7, 11) is 0. The Hall–Kier alpha value is -3.66. The number of nitrogens with zero attached hydrogens (tertiary/aromatic N) is 3. The van der Waals surface area contributed by atoms with Crippen LogP contribution in [0.1, 0.15) is 39.1 Å². The minimum atomic E-state index is -0.996. The van der Waals surface area contributed by atoms with E-state index in [-0.39, 0.29) is 29.7 Å². The van der Waals surface area contributed by atoms with Crippen LogP contribution in [0.15, 0.2) is 36.4 Å². The molecule has 34 heavy (non-hydrogen) atoms. The molecule has 1 N–H and O–H groups in total. The topological polar surface area (TPSA) is 90.0 Å². The van der Waals surface area contributed by atoms with Crippen molar-refractivity contribution in [1.29, 1.82) is 0 Å². The van der Waals surface area contributed by atoms with Crippen LogP contribution in [-0.4, -0.2) is 65.6 Å². The quantitative estimate of drug-likeness (QED) is 0.687. The van der Waals surface area contributed by atoms with Gasteiger partial charge in [0.15, 0.2) is 0 Å². The number of piperazine rings is 1. The Balaban J connectivity index is 1.26. The maximum atomic E-state index is 14.1. The van der Waals surface area contributed by atoms with E-state index < -0.39 is 41.3 Å². The molecule has 0 spiro atoms. The van der Waals surface area contributed by atoms with Gasteiger partial charge in [0.1, 0.15) is 17.7 Å². The summed E-state index contributed by atoms with van der Waals surface area (Å²) in [6.07, 6.45) is 0.180. The summed E-state index contributed by atoms with van der Waals surface area (Å²) in [5.74, 6) is -3.08. The highest BCUT2D eigenvalue weighted by Crippen LogP contribution is 2.29. The molecule has 10 heteroatoms. The van der Waals surface area contributed by atoms with Crippen molar-refractivity contribution in [3.63, 3.8) is 0 Å². The van der Waals surface area contributed by atoms with E-state index in [4.69, 9.17) is 0 Å². The molecule has 0 radical (unpaired) electrons. The summed E-state index contributed by atoms with van der Waals surface area (Å²) < 4.78 is 27.6. The van der Waals surface area contributed by atoms with Crippen molar-refractivity contribution >= 4 is 29.3 Å². The zero-order valence-corrected chi connectivity index (χ0v) is 18.2. The van der Waals surface area contributed by atoms with E-state index in [9.17, 15) is 28.0 Å². The number of anilines is 1. The molecule has 4 amide bonds. The van der Waals surface area contributed by atoms with E-state index in [0.717, 1.165) is 22.6 Å². The van der Waals surface area contributed by atoms with Crippen molar-refractivity contribution in [3.8, 4) is 0 Å². The number of rotatable bonds is 4. The van der Waals surface area contributed by atoms with Gasteiger partial charge >= 0.3 is 0 Å². The van der Waals surface area contributed by atoms with Gasteiger partial charge in [-0.2, -0.15) is 0 Å². The second kappa shape index (κ2) is 8.60. The average Bonchev–Trinajstić information content (AvgIpc) is 3.06. The van der Waals surface area contributed by atoms with E-state index in [0.29, 0.717) is 32.7 Å². The third-order valence-corrected chi connectivity index (χ3v) is 6.53. The Morgan fingerprint density at radius 2 is 1.62 bits per heavy atom. The van der Waals surface area contributed by atoms with E-state index in [1.165, 1.54) is 6.07 Å². The van der Waals surface area contributed by atoms with Crippen molar-refractivity contribution in [2.75, 3.05) is 31.1 Å². The maximum absolute atomic E-state index is 14.1. The highest BCUT2D eigenvalue weighted by Gasteiger charge is 2.44. The molecule has 3 aliphatic heterocycles. The van der Waals surface area contributed by atoms with Gasteiger partial charge in [0.05, 0.1) is 16.8 Å². The number of carbonyl (C=O) groups is 4. The number of imide groups is 2. The van der Waals surface area contributed by atoms with Gasteiger partial charge in [-0.3, -0.25) is 34.3 Å². The average molecular weight is 468 g/mol. The molecule has 1 unspecified atom stereocenters. The highest BCUT2D eigenvalue weighted by atomic mass is 19.1. The minimum absolute atomic E-state index is 0.0700. The van der Waals surface area contributed by atoms with Gasteiger partial charge in [-0.25, -0.2) is 8.78 Å². The lowest BCUT2D eigenvalue weighted by Crippen LogP contribution is -2.54. The predicted molar refractivity (Wildman–Crippen MR) is 117 cm³/mol. The normalized spacial score (nSPS) is 21.2. The van der Waals surface area contributed by atoms with E-state index in [1.54, 1.807) is 23.1 Å². The molecule has 1 atom stereocenters. The van der Waals surface area contributed by atoms with Crippen LogP contribution in [0.25, 0.3) is 0 Å². The smallest absolute Gasteiger partial charge is 0.262 e. The fourth-order valence-corrected chi connectivity index (χ4v) is 4.75. The molecular formula is C24H22F2N4O4. The summed E-state index contributed by atoms with van der Waals surface area (Å²) in [5.41, 5.74) is 1.56. The van der Waals surface area contributed by atoms with Gasteiger partial charge in [0.2, 0.25) is 11.8 Å². The monoisotopic (exact) mass is 468 g/mol. The minimum Gasteiger partial charge on any atom is -0.367 e. The lowest BCUT2D eigenvalue weighted by Gasteiger charge is -2.36. The van der Waals surface area contributed by atoms with Crippen LogP contribution in [0.3, 0.4) is 0 Å². The second-order valence-electron chi connectivity index (χ2n) is 8.69. The standard InChI is InChI=1S/C24H22F2N4O4/c25-15-2-4-18(26)20(12-15)29-9-7-28(8-10-29)13-14-1-3-16-17(11-14)24(34)30(23(16)33)19-5-6-21(31)27-22(19)32/h1-4,11-12,19H,5-10,13H2,(H,27,31,32). The molecule has 2 aromatic carbocycles. The van der Waals surface area contributed by atoms with Crippen molar-refractivity contribution in [2.24, 2.45) is 0 Å². The third kappa shape index (κ3) is 3.94. The predicted octanol–water partition coefficient (Wildman–Crippen LogP) is 1.69. The molecule has 0 aromatic heterocycles. The largest absolute Gasteiger partial charge is 0.367 e. The van der Waals surface area contributed by atoms with Crippen LogP contribution in [0, 0.1) is 11.6 Å². The fourth-order valence-electron chi connectivity index (χ4n) is 4.75. The Kier molecular flexibility index (Phi) is 5.60. The van der Waals surface area contributed by atoms with Gasteiger partial charge < -0.3 is 4.90 Å². The SMILES string of the molecule is O=C1CCC(N2C(=O)c3ccc(CN4CCN(c5cc(F)ccc5F)CC4)cc3C2=O)C(=O)N1. The molecule has 3 heterocycles. The van der Waals surface area contributed by atoms with Gasteiger partial charge in [-0.05, 0) is 36.2 Å². The third-order valence-electron chi connectivity index (χ3n) is 6.53. The zero-order valence-electron chi connectivity index (χ0n) is 18.2. The van der Waals surface area contributed by atoms with Crippen LogP contribution in [-0.2, 0) is 16.1 Å². The molecular weight excluding hydrogens is 446 g/mol. The first kappa shape index (κ1) is 22.1. The first-order valence-electron chi connectivity index (χ1n) is 11.1. The number of fused-ring (bicyclic) bond motifs is 1.